The van der Waals surface area contributed by atoms with Crippen molar-refractivity contribution in [1.29, 1.82) is 0 Å². The van der Waals surface area contributed by atoms with Gasteiger partial charge in [-0.3, -0.25) is 0 Å². The van der Waals surface area contributed by atoms with E-state index in [0.29, 0.717) is 36.3 Å². The third kappa shape index (κ3) is 7.10. The van der Waals surface area contributed by atoms with Gasteiger partial charge in [-0.05, 0) is 24.6 Å². The van der Waals surface area contributed by atoms with E-state index in [1.807, 2.05) is 42.6 Å². The molecular formula is C17H25Cl2IN6O. The van der Waals surface area contributed by atoms with Gasteiger partial charge < -0.3 is 19.5 Å². The molecule has 0 aliphatic carbocycles. The average molecular weight is 527 g/mol. The van der Waals surface area contributed by atoms with E-state index in [1.54, 1.807) is 13.2 Å². The fourth-order valence-electron chi connectivity index (χ4n) is 2.30. The molecule has 7 nitrogen and oxygen atoms in total. The van der Waals surface area contributed by atoms with Crippen LogP contribution in [0, 0.1) is 6.92 Å². The van der Waals surface area contributed by atoms with Crippen LogP contribution in [0.25, 0.3) is 0 Å². The van der Waals surface area contributed by atoms with Crippen molar-refractivity contribution >= 4 is 53.1 Å². The van der Waals surface area contributed by atoms with Gasteiger partial charge >= 0.3 is 0 Å². The Kier molecular flexibility index (Phi) is 10.4. The number of aliphatic imine (C=N–C) groups is 1. The Bertz CT molecular complexity index is 768. The Labute approximate surface area is 187 Å². The number of guanidine groups is 1. The average Bonchev–Trinajstić information content (AvgIpc) is 2.93. The number of hydrogen-bond acceptors (Lipinski definition) is 4. The topological polar surface area (TPSA) is 67.6 Å². The lowest BCUT2D eigenvalue weighted by molar-refractivity contribution is 0.203. The largest absolute Gasteiger partial charge is 0.383 e. The zero-order chi connectivity index (χ0) is 19.1. The molecule has 27 heavy (non-hydrogen) atoms. The highest BCUT2D eigenvalue weighted by Gasteiger charge is 2.10. The Hall–Kier alpha value is -1.10. The predicted octanol–water partition coefficient (Wildman–Crippen LogP) is 3.27. The molecule has 0 unspecified atom stereocenters. The highest BCUT2D eigenvalue weighted by Crippen LogP contribution is 2.23. The van der Waals surface area contributed by atoms with E-state index in [0.717, 1.165) is 23.2 Å². The van der Waals surface area contributed by atoms with Crippen LogP contribution >= 0.6 is 47.2 Å². The second-order valence-electron chi connectivity index (χ2n) is 5.89. The minimum Gasteiger partial charge on any atom is -0.383 e. The zero-order valence-electron chi connectivity index (χ0n) is 15.9. The summed E-state index contributed by atoms with van der Waals surface area (Å²) in [6, 6.07) is 5.60. The Balaban J connectivity index is 0.00000364. The lowest BCUT2D eigenvalue weighted by Crippen LogP contribution is -2.40. The molecule has 1 N–H and O–H groups in total. The molecule has 2 rings (SSSR count). The number of halogens is 3. The maximum atomic E-state index is 6.11. The van der Waals surface area contributed by atoms with Gasteiger partial charge in [0.1, 0.15) is 12.4 Å². The second kappa shape index (κ2) is 11.7. The van der Waals surface area contributed by atoms with Gasteiger partial charge in [0, 0.05) is 34.3 Å². The van der Waals surface area contributed by atoms with Crippen LogP contribution in [0.15, 0.2) is 23.2 Å². The smallest absolute Gasteiger partial charge is 0.194 e. The highest BCUT2D eigenvalue weighted by atomic mass is 127. The monoisotopic (exact) mass is 526 g/mol. The highest BCUT2D eigenvalue weighted by molar-refractivity contribution is 14.0. The fraction of sp³-hybridized carbons (Fsp3) is 0.471. The first-order chi connectivity index (χ1) is 12.4. The Morgan fingerprint density at radius 1 is 1.30 bits per heavy atom. The van der Waals surface area contributed by atoms with Crippen molar-refractivity contribution < 1.29 is 4.74 Å². The molecule has 0 radical (unpaired) electrons. The van der Waals surface area contributed by atoms with E-state index in [9.17, 15) is 0 Å². The van der Waals surface area contributed by atoms with Gasteiger partial charge in [0.15, 0.2) is 11.8 Å². The van der Waals surface area contributed by atoms with Gasteiger partial charge in [-0.15, -0.1) is 34.2 Å². The van der Waals surface area contributed by atoms with Crippen LogP contribution in [0.1, 0.15) is 17.2 Å². The maximum absolute atomic E-state index is 6.11. The summed E-state index contributed by atoms with van der Waals surface area (Å²) in [5, 5.41) is 12.6. The molecule has 1 aromatic carbocycles. The van der Waals surface area contributed by atoms with Crippen molar-refractivity contribution in [3.63, 3.8) is 0 Å². The van der Waals surface area contributed by atoms with Crippen molar-refractivity contribution in [3.8, 4) is 0 Å². The summed E-state index contributed by atoms with van der Waals surface area (Å²) >= 11 is 12.1. The van der Waals surface area contributed by atoms with E-state index in [-0.39, 0.29) is 24.0 Å². The lowest BCUT2D eigenvalue weighted by Gasteiger charge is -2.22. The van der Waals surface area contributed by atoms with E-state index in [2.05, 4.69) is 20.5 Å². The summed E-state index contributed by atoms with van der Waals surface area (Å²) in [5.41, 5.74) is 1.04. The molecule has 0 amide bonds. The van der Waals surface area contributed by atoms with Crippen molar-refractivity contribution in [2.75, 3.05) is 27.3 Å². The summed E-state index contributed by atoms with van der Waals surface area (Å²) in [6.07, 6.45) is 0. The molecule has 0 saturated carbocycles. The number of rotatable bonds is 7. The molecule has 2 aromatic rings. The minimum absolute atomic E-state index is 0. The summed E-state index contributed by atoms with van der Waals surface area (Å²) in [4.78, 5) is 6.68. The predicted molar refractivity (Wildman–Crippen MR) is 120 cm³/mol. The Morgan fingerprint density at radius 3 is 2.63 bits per heavy atom. The van der Waals surface area contributed by atoms with Gasteiger partial charge in [-0.1, -0.05) is 29.3 Å². The number of nitrogens with zero attached hydrogens (tertiary/aromatic N) is 5. The SMILES string of the molecule is COCCNC(=NCc1nnc(C)n1C)N(C)Cc1ccc(Cl)c(Cl)c1.I. The quantitative estimate of drug-likeness (QED) is 0.259. The van der Waals surface area contributed by atoms with Crippen LogP contribution < -0.4 is 5.32 Å². The third-order valence-corrected chi connectivity index (χ3v) is 4.65. The van der Waals surface area contributed by atoms with Crippen LogP contribution in [0.4, 0.5) is 0 Å². The van der Waals surface area contributed by atoms with E-state index >= 15 is 0 Å². The number of hydrogen-bond donors (Lipinski definition) is 1. The van der Waals surface area contributed by atoms with Crippen molar-refractivity contribution in [2.24, 2.45) is 12.0 Å². The van der Waals surface area contributed by atoms with E-state index in [1.165, 1.54) is 0 Å². The molecule has 150 valence electrons. The zero-order valence-corrected chi connectivity index (χ0v) is 19.7. The normalized spacial score (nSPS) is 11.3. The van der Waals surface area contributed by atoms with Crippen molar-refractivity contribution in [1.82, 2.24) is 25.0 Å². The molecule has 1 aromatic heterocycles. The van der Waals surface area contributed by atoms with Gasteiger partial charge in [-0.2, -0.15) is 0 Å². The first-order valence-corrected chi connectivity index (χ1v) is 8.95. The van der Waals surface area contributed by atoms with Crippen LogP contribution in [0.2, 0.25) is 10.0 Å². The number of ether oxygens (including phenoxy) is 1. The molecule has 0 spiro atoms. The third-order valence-electron chi connectivity index (χ3n) is 3.91. The number of methoxy groups -OCH3 is 1. The summed E-state index contributed by atoms with van der Waals surface area (Å²) in [7, 11) is 5.56. The molecule has 1 heterocycles. The van der Waals surface area contributed by atoms with E-state index < -0.39 is 0 Å². The number of benzene rings is 1. The minimum atomic E-state index is 0. The first-order valence-electron chi connectivity index (χ1n) is 8.19. The number of aryl methyl sites for hydroxylation is 1. The standard InChI is InChI=1S/C17H24Cl2N6O.HI/c1-12-22-23-16(25(12)3)10-21-17(20-7-8-26-4)24(2)11-13-5-6-14(18)15(19)9-13;/h5-6,9H,7-8,10-11H2,1-4H3,(H,20,21);1H. The molecule has 0 atom stereocenters. The summed E-state index contributed by atoms with van der Waals surface area (Å²) < 4.78 is 7.04. The Morgan fingerprint density at radius 2 is 2.04 bits per heavy atom. The molecule has 0 aliphatic heterocycles. The molecular weight excluding hydrogens is 502 g/mol. The number of aromatic nitrogens is 3. The van der Waals surface area contributed by atoms with Gasteiger partial charge in [0.25, 0.3) is 0 Å². The molecule has 0 aliphatic rings. The van der Waals surface area contributed by atoms with Crippen LogP contribution in [0.3, 0.4) is 0 Å². The van der Waals surface area contributed by atoms with Crippen LogP contribution in [-0.4, -0.2) is 52.9 Å². The molecule has 0 bridgehead atoms. The van der Waals surface area contributed by atoms with E-state index in [4.69, 9.17) is 27.9 Å². The number of nitrogens with one attached hydrogen (secondary N) is 1. The van der Waals surface area contributed by atoms with Gasteiger partial charge in [0.05, 0.1) is 16.7 Å². The van der Waals surface area contributed by atoms with Crippen molar-refractivity contribution in [3.05, 3.63) is 45.5 Å². The van der Waals surface area contributed by atoms with Crippen molar-refractivity contribution in [2.45, 2.75) is 20.0 Å². The maximum Gasteiger partial charge on any atom is 0.194 e. The van der Waals surface area contributed by atoms with Crippen LogP contribution in [-0.2, 0) is 24.9 Å². The van der Waals surface area contributed by atoms with Gasteiger partial charge in [0.2, 0.25) is 0 Å². The first kappa shape index (κ1) is 23.9. The molecule has 0 saturated heterocycles. The molecule has 10 heteroatoms. The van der Waals surface area contributed by atoms with Crippen LogP contribution in [0.5, 0.6) is 0 Å². The summed E-state index contributed by atoms with van der Waals surface area (Å²) in [5.74, 6) is 2.40. The molecule has 0 fully saturated rings. The van der Waals surface area contributed by atoms with Gasteiger partial charge in [-0.25, -0.2) is 4.99 Å². The fourth-order valence-corrected chi connectivity index (χ4v) is 2.62. The summed E-state index contributed by atoms with van der Waals surface area (Å²) in [6.45, 7) is 4.21. The second-order valence-corrected chi connectivity index (χ2v) is 6.70. The lowest BCUT2D eigenvalue weighted by atomic mass is 10.2.